The van der Waals surface area contributed by atoms with Gasteiger partial charge in [-0.1, -0.05) is 41.9 Å². The number of fused-ring (bicyclic) bond motifs is 1. The van der Waals surface area contributed by atoms with Crippen molar-refractivity contribution in [3.8, 4) is 0 Å². The first-order chi connectivity index (χ1) is 13.8. The SMILES string of the molecule is O=C(Nc1cn(Cc2ccc(C(F)(F)F)cc2)c2ccccc12)c1ccsc1Cl. The summed E-state index contributed by atoms with van der Waals surface area (Å²) in [5, 5.41) is 5.45. The lowest BCUT2D eigenvalue weighted by molar-refractivity contribution is -0.137. The second-order valence-electron chi connectivity index (χ2n) is 6.44. The summed E-state index contributed by atoms with van der Waals surface area (Å²) >= 11 is 7.32. The Morgan fingerprint density at radius 2 is 1.79 bits per heavy atom. The zero-order chi connectivity index (χ0) is 20.6. The third-order valence-corrected chi connectivity index (χ3v) is 5.70. The molecular weight excluding hydrogens is 421 g/mol. The Balaban J connectivity index is 1.64. The van der Waals surface area contributed by atoms with E-state index >= 15 is 0 Å². The molecule has 0 fully saturated rings. The van der Waals surface area contributed by atoms with Gasteiger partial charge in [0, 0.05) is 18.1 Å². The Bertz CT molecular complexity index is 1180. The number of carbonyl (C=O) groups is 1. The van der Waals surface area contributed by atoms with Gasteiger partial charge in [0.2, 0.25) is 0 Å². The molecule has 0 saturated heterocycles. The molecule has 4 aromatic rings. The molecule has 0 spiro atoms. The Morgan fingerprint density at radius 3 is 2.45 bits per heavy atom. The number of rotatable bonds is 4. The monoisotopic (exact) mass is 434 g/mol. The van der Waals surface area contributed by atoms with Crippen molar-refractivity contribution in [1.82, 2.24) is 4.57 Å². The number of nitrogens with zero attached hydrogens (tertiary/aromatic N) is 1. The van der Waals surface area contributed by atoms with Crippen LogP contribution in [0, 0.1) is 0 Å². The molecule has 8 heteroatoms. The lowest BCUT2D eigenvalue weighted by Crippen LogP contribution is -2.11. The smallest absolute Gasteiger partial charge is 0.341 e. The van der Waals surface area contributed by atoms with Gasteiger partial charge in [-0.2, -0.15) is 13.2 Å². The molecule has 2 aromatic heterocycles. The molecule has 0 aliphatic carbocycles. The third-order valence-electron chi connectivity index (χ3n) is 4.53. The summed E-state index contributed by atoms with van der Waals surface area (Å²) in [4.78, 5) is 12.5. The number of hydrogen-bond donors (Lipinski definition) is 1. The number of alkyl halides is 3. The van der Waals surface area contributed by atoms with E-state index in [1.54, 1.807) is 17.6 Å². The van der Waals surface area contributed by atoms with Gasteiger partial charge in [-0.15, -0.1) is 11.3 Å². The van der Waals surface area contributed by atoms with E-state index in [0.29, 0.717) is 22.1 Å². The number of carbonyl (C=O) groups excluding carboxylic acids is 1. The molecule has 3 nitrogen and oxygen atoms in total. The number of amides is 1. The maximum atomic E-state index is 12.8. The van der Waals surface area contributed by atoms with Gasteiger partial charge in [-0.05, 0) is 35.2 Å². The Morgan fingerprint density at radius 1 is 1.07 bits per heavy atom. The highest BCUT2D eigenvalue weighted by atomic mass is 35.5. The first-order valence-corrected chi connectivity index (χ1v) is 9.87. The van der Waals surface area contributed by atoms with Gasteiger partial charge in [0.05, 0.1) is 22.3 Å². The van der Waals surface area contributed by atoms with Gasteiger partial charge in [0.1, 0.15) is 4.34 Å². The quantitative estimate of drug-likeness (QED) is 0.382. The van der Waals surface area contributed by atoms with E-state index < -0.39 is 11.7 Å². The van der Waals surface area contributed by atoms with Crippen LogP contribution >= 0.6 is 22.9 Å². The lowest BCUT2D eigenvalue weighted by atomic mass is 10.1. The molecule has 0 atom stereocenters. The van der Waals surface area contributed by atoms with Crippen LogP contribution in [0.2, 0.25) is 4.34 Å². The van der Waals surface area contributed by atoms with E-state index in [9.17, 15) is 18.0 Å². The molecule has 0 aliphatic rings. The van der Waals surface area contributed by atoms with E-state index in [4.69, 9.17) is 11.6 Å². The van der Waals surface area contributed by atoms with Crippen LogP contribution in [-0.4, -0.2) is 10.5 Å². The Kier molecular flexibility index (Phi) is 5.10. The fourth-order valence-electron chi connectivity index (χ4n) is 3.12. The van der Waals surface area contributed by atoms with Crippen LogP contribution in [0.1, 0.15) is 21.5 Å². The number of benzene rings is 2. The van der Waals surface area contributed by atoms with Crippen molar-refractivity contribution in [1.29, 1.82) is 0 Å². The largest absolute Gasteiger partial charge is 0.416 e. The van der Waals surface area contributed by atoms with E-state index in [1.165, 1.54) is 23.5 Å². The van der Waals surface area contributed by atoms with Crippen molar-refractivity contribution < 1.29 is 18.0 Å². The average Bonchev–Trinajstić information content (AvgIpc) is 3.26. The summed E-state index contributed by atoms with van der Waals surface area (Å²) in [5.74, 6) is -0.311. The summed E-state index contributed by atoms with van der Waals surface area (Å²) in [6.07, 6.45) is -2.58. The minimum Gasteiger partial charge on any atom is -0.341 e. The maximum Gasteiger partial charge on any atom is 0.416 e. The molecule has 29 heavy (non-hydrogen) atoms. The summed E-state index contributed by atoms with van der Waals surface area (Å²) in [6.45, 7) is 0.369. The molecular formula is C21H14ClF3N2OS. The summed E-state index contributed by atoms with van der Waals surface area (Å²) in [7, 11) is 0. The molecule has 2 heterocycles. The van der Waals surface area contributed by atoms with Crippen LogP contribution in [0.5, 0.6) is 0 Å². The first kappa shape index (κ1) is 19.5. The van der Waals surface area contributed by atoms with Gasteiger partial charge in [0.15, 0.2) is 0 Å². The molecule has 148 valence electrons. The predicted molar refractivity (Wildman–Crippen MR) is 110 cm³/mol. The molecule has 0 radical (unpaired) electrons. The average molecular weight is 435 g/mol. The molecule has 1 N–H and O–H groups in total. The molecule has 0 saturated carbocycles. The molecule has 2 aromatic carbocycles. The maximum absolute atomic E-state index is 12.8. The van der Waals surface area contributed by atoms with Crippen molar-refractivity contribution in [2.24, 2.45) is 0 Å². The van der Waals surface area contributed by atoms with Crippen LogP contribution in [0.3, 0.4) is 0 Å². The Hall–Kier alpha value is -2.77. The van der Waals surface area contributed by atoms with E-state index in [-0.39, 0.29) is 5.91 Å². The lowest BCUT2D eigenvalue weighted by Gasteiger charge is -2.09. The molecule has 1 amide bonds. The van der Waals surface area contributed by atoms with Crippen LogP contribution < -0.4 is 5.32 Å². The summed E-state index contributed by atoms with van der Waals surface area (Å²) in [5.41, 5.74) is 1.91. The van der Waals surface area contributed by atoms with E-state index in [2.05, 4.69) is 5.32 Å². The van der Waals surface area contributed by atoms with Crippen molar-refractivity contribution in [2.45, 2.75) is 12.7 Å². The van der Waals surface area contributed by atoms with Crippen molar-refractivity contribution in [3.05, 3.63) is 87.2 Å². The zero-order valence-electron chi connectivity index (χ0n) is 14.8. The van der Waals surface area contributed by atoms with Crippen LogP contribution in [-0.2, 0) is 12.7 Å². The van der Waals surface area contributed by atoms with Gasteiger partial charge in [0.25, 0.3) is 5.91 Å². The van der Waals surface area contributed by atoms with Crippen molar-refractivity contribution in [3.63, 3.8) is 0 Å². The number of anilines is 1. The number of halogens is 4. The highest BCUT2D eigenvalue weighted by Crippen LogP contribution is 2.31. The highest BCUT2D eigenvalue weighted by molar-refractivity contribution is 7.14. The number of nitrogens with one attached hydrogen (secondary N) is 1. The van der Waals surface area contributed by atoms with Crippen LogP contribution in [0.4, 0.5) is 18.9 Å². The minimum atomic E-state index is -4.36. The summed E-state index contributed by atoms with van der Waals surface area (Å²) < 4.78 is 40.6. The van der Waals surface area contributed by atoms with Gasteiger partial charge in [-0.25, -0.2) is 0 Å². The minimum absolute atomic E-state index is 0.311. The van der Waals surface area contributed by atoms with E-state index in [0.717, 1.165) is 28.6 Å². The van der Waals surface area contributed by atoms with Crippen LogP contribution in [0.25, 0.3) is 10.9 Å². The van der Waals surface area contributed by atoms with Crippen molar-refractivity contribution in [2.75, 3.05) is 5.32 Å². The number of para-hydroxylation sites is 1. The highest BCUT2D eigenvalue weighted by Gasteiger charge is 2.29. The molecule has 0 unspecified atom stereocenters. The topological polar surface area (TPSA) is 34.0 Å². The number of aromatic nitrogens is 1. The van der Waals surface area contributed by atoms with Crippen molar-refractivity contribution >= 4 is 45.4 Å². The summed E-state index contributed by atoms with van der Waals surface area (Å²) in [6, 6.07) is 14.2. The van der Waals surface area contributed by atoms with Gasteiger partial charge >= 0.3 is 6.18 Å². The Labute approximate surface area is 173 Å². The number of hydrogen-bond acceptors (Lipinski definition) is 2. The van der Waals surface area contributed by atoms with Gasteiger partial charge < -0.3 is 9.88 Å². The van der Waals surface area contributed by atoms with E-state index in [1.807, 2.05) is 28.8 Å². The zero-order valence-corrected chi connectivity index (χ0v) is 16.4. The second kappa shape index (κ2) is 7.57. The van der Waals surface area contributed by atoms with Gasteiger partial charge in [-0.3, -0.25) is 4.79 Å². The first-order valence-electron chi connectivity index (χ1n) is 8.61. The predicted octanol–water partition coefficient (Wildman–Crippen LogP) is 6.68. The molecule has 0 aliphatic heterocycles. The standard InChI is InChI=1S/C21H14ClF3N2OS/c22-19-16(9-10-29-19)20(28)26-17-12-27(18-4-2-1-3-15(17)18)11-13-5-7-14(8-6-13)21(23,24)25/h1-10,12H,11H2,(H,26,28). The fourth-order valence-corrected chi connectivity index (χ4v) is 4.03. The normalized spacial score (nSPS) is 11.7. The molecule has 0 bridgehead atoms. The molecule has 4 rings (SSSR count). The number of thiophene rings is 1. The second-order valence-corrected chi connectivity index (χ2v) is 7.96. The fraction of sp³-hybridized carbons (Fsp3) is 0.0952. The third kappa shape index (κ3) is 4.02. The van der Waals surface area contributed by atoms with Crippen LogP contribution in [0.15, 0.2) is 66.2 Å².